The first-order valence-corrected chi connectivity index (χ1v) is 10.9. The Bertz CT molecular complexity index is 1250. The number of hydrogen-bond donors (Lipinski definition) is 1. The Morgan fingerprint density at radius 3 is 2.44 bits per heavy atom. The fourth-order valence-electron chi connectivity index (χ4n) is 4.35. The third kappa shape index (κ3) is 4.28. The Morgan fingerprint density at radius 1 is 1.12 bits per heavy atom. The summed E-state index contributed by atoms with van der Waals surface area (Å²) in [4.78, 5) is 43.6. The fourth-order valence-corrected chi connectivity index (χ4v) is 4.47. The Kier molecular flexibility index (Phi) is 6.32. The van der Waals surface area contributed by atoms with Crippen LogP contribution in [-0.4, -0.2) is 60.2 Å². The Labute approximate surface area is 189 Å². The highest BCUT2D eigenvalue weighted by Gasteiger charge is 2.27. The molecule has 1 aliphatic heterocycles. The lowest BCUT2D eigenvalue weighted by Crippen LogP contribution is -2.42. The first-order valence-electron chi connectivity index (χ1n) is 10.6. The molecular formula is C22H26ClN5O4. The zero-order valence-electron chi connectivity index (χ0n) is 18.1. The average Bonchev–Trinajstić information content (AvgIpc) is 3.20. The zero-order chi connectivity index (χ0) is 23.0. The molecule has 32 heavy (non-hydrogen) atoms. The van der Waals surface area contributed by atoms with E-state index in [1.165, 1.54) is 17.9 Å². The summed E-state index contributed by atoms with van der Waals surface area (Å²) in [5.74, 6) is 0.0969. The number of nitrogens with zero attached hydrogens (tertiary/aromatic N) is 5. The Balaban J connectivity index is 1.37. The van der Waals surface area contributed by atoms with Crippen molar-refractivity contribution >= 4 is 28.5 Å². The van der Waals surface area contributed by atoms with Crippen LogP contribution in [0.5, 0.6) is 0 Å². The van der Waals surface area contributed by atoms with Crippen molar-refractivity contribution in [2.75, 3.05) is 19.6 Å². The largest absolute Gasteiger partial charge is 0.390 e. The molecule has 3 aromatic rings. The number of Topliss-reactive ketones (excluding diaryl/α,β-unsaturated/α-hetero) is 1. The molecule has 10 heteroatoms. The van der Waals surface area contributed by atoms with E-state index in [1.54, 1.807) is 35.9 Å². The molecule has 2 aromatic heterocycles. The van der Waals surface area contributed by atoms with Gasteiger partial charge in [-0.2, -0.15) is 0 Å². The van der Waals surface area contributed by atoms with Crippen LogP contribution in [0.1, 0.15) is 23.2 Å². The molecule has 1 aliphatic rings. The highest BCUT2D eigenvalue weighted by molar-refractivity contribution is 6.30. The van der Waals surface area contributed by atoms with Crippen LogP contribution in [-0.2, 0) is 20.6 Å². The summed E-state index contributed by atoms with van der Waals surface area (Å²) >= 11 is 5.90. The van der Waals surface area contributed by atoms with Crippen molar-refractivity contribution in [2.45, 2.75) is 25.5 Å². The van der Waals surface area contributed by atoms with E-state index in [-0.39, 0.29) is 18.2 Å². The number of aromatic nitrogens is 4. The summed E-state index contributed by atoms with van der Waals surface area (Å²) in [6, 6.07) is 6.98. The van der Waals surface area contributed by atoms with Gasteiger partial charge in [0.15, 0.2) is 16.9 Å². The van der Waals surface area contributed by atoms with Gasteiger partial charge in [-0.1, -0.05) is 11.6 Å². The maximum atomic E-state index is 12.7. The van der Waals surface area contributed by atoms with Crippen LogP contribution in [0.4, 0.5) is 0 Å². The summed E-state index contributed by atoms with van der Waals surface area (Å²) in [6.45, 7) is 2.03. The first kappa shape index (κ1) is 22.4. The molecule has 1 aromatic carbocycles. The van der Waals surface area contributed by atoms with E-state index >= 15 is 0 Å². The average molecular weight is 460 g/mol. The third-order valence-electron chi connectivity index (χ3n) is 6.18. The summed E-state index contributed by atoms with van der Waals surface area (Å²) in [6.07, 6.45) is 2.21. The maximum absolute atomic E-state index is 12.7. The van der Waals surface area contributed by atoms with Crippen molar-refractivity contribution in [1.29, 1.82) is 0 Å². The summed E-state index contributed by atoms with van der Waals surface area (Å²) in [5, 5.41) is 11.3. The Morgan fingerprint density at radius 2 is 1.78 bits per heavy atom. The molecule has 4 rings (SSSR count). The van der Waals surface area contributed by atoms with Gasteiger partial charge in [0.2, 0.25) is 0 Å². The molecule has 1 unspecified atom stereocenters. The first-order chi connectivity index (χ1) is 15.3. The van der Waals surface area contributed by atoms with E-state index in [4.69, 9.17) is 11.6 Å². The van der Waals surface area contributed by atoms with Gasteiger partial charge >= 0.3 is 5.69 Å². The summed E-state index contributed by atoms with van der Waals surface area (Å²) in [7, 11) is 2.99. The molecule has 9 nitrogen and oxygen atoms in total. The fraction of sp³-hybridized carbons (Fsp3) is 0.455. The second-order valence-electron chi connectivity index (χ2n) is 8.37. The molecule has 1 saturated heterocycles. The number of likely N-dealkylation sites (tertiary alicyclic amines) is 1. The lowest BCUT2D eigenvalue weighted by molar-refractivity contribution is 0.0684. The normalized spacial score (nSPS) is 16.5. The van der Waals surface area contributed by atoms with E-state index in [9.17, 15) is 19.5 Å². The molecule has 170 valence electrons. The molecule has 0 bridgehead atoms. The van der Waals surface area contributed by atoms with Crippen molar-refractivity contribution in [3.63, 3.8) is 0 Å². The van der Waals surface area contributed by atoms with E-state index in [0.717, 1.165) is 17.4 Å². The highest BCUT2D eigenvalue weighted by Crippen LogP contribution is 2.23. The number of ketones is 1. The predicted molar refractivity (Wildman–Crippen MR) is 121 cm³/mol. The number of carbonyl (C=O) groups excluding carboxylic acids is 1. The van der Waals surface area contributed by atoms with E-state index in [0.29, 0.717) is 41.4 Å². The van der Waals surface area contributed by atoms with Gasteiger partial charge in [0.25, 0.3) is 5.56 Å². The second-order valence-corrected chi connectivity index (χ2v) is 8.81. The molecule has 0 radical (unpaired) electrons. The van der Waals surface area contributed by atoms with Gasteiger partial charge < -0.3 is 14.6 Å². The number of β-amino-alcohol motifs (C(OH)–C–C–N with tert-alkyl or cyclic N) is 1. The predicted octanol–water partition coefficient (Wildman–Crippen LogP) is 1.04. The molecule has 0 saturated carbocycles. The third-order valence-corrected chi connectivity index (χ3v) is 6.43. The quantitative estimate of drug-likeness (QED) is 0.553. The molecule has 0 spiro atoms. The van der Waals surface area contributed by atoms with Crippen molar-refractivity contribution in [3.8, 4) is 0 Å². The van der Waals surface area contributed by atoms with Gasteiger partial charge in [0.05, 0.1) is 19.0 Å². The van der Waals surface area contributed by atoms with E-state index < -0.39 is 17.4 Å². The number of aryl methyl sites for hydroxylation is 1. The van der Waals surface area contributed by atoms with Gasteiger partial charge in [-0.15, -0.1) is 0 Å². The van der Waals surface area contributed by atoms with Crippen LogP contribution in [0.2, 0.25) is 5.02 Å². The molecule has 0 aliphatic carbocycles. The van der Waals surface area contributed by atoms with Crippen molar-refractivity contribution in [3.05, 3.63) is 62.0 Å². The molecule has 1 N–H and O–H groups in total. The SMILES string of the molecule is Cn1c(=O)c2c(ncn2CC(O)CN2CCC(C(=O)c3ccc(Cl)cc3)CC2)n(C)c1=O. The molecule has 1 fully saturated rings. The van der Waals surface area contributed by atoms with Crippen LogP contribution in [0.3, 0.4) is 0 Å². The molecular weight excluding hydrogens is 434 g/mol. The van der Waals surface area contributed by atoms with Crippen LogP contribution in [0, 0.1) is 5.92 Å². The standard InChI is InChI=1S/C22H26ClN5O4/c1-25-20-18(21(31)26(2)22(25)32)28(13-24-20)12-17(29)11-27-9-7-15(8-10-27)19(30)14-3-5-16(23)6-4-14/h3-6,13,15,17,29H,7-12H2,1-2H3. The molecule has 3 heterocycles. The van der Waals surface area contributed by atoms with Gasteiger partial charge in [-0.3, -0.25) is 18.7 Å². The van der Waals surface area contributed by atoms with Crippen molar-refractivity contribution in [1.82, 2.24) is 23.6 Å². The summed E-state index contributed by atoms with van der Waals surface area (Å²) < 4.78 is 3.95. The smallest absolute Gasteiger partial charge is 0.332 e. The number of aliphatic hydroxyl groups is 1. The van der Waals surface area contributed by atoms with Gasteiger partial charge in [-0.25, -0.2) is 9.78 Å². The minimum Gasteiger partial charge on any atom is -0.390 e. The van der Waals surface area contributed by atoms with Crippen LogP contribution in [0.25, 0.3) is 11.2 Å². The minimum absolute atomic E-state index is 0.0357. The van der Waals surface area contributed by atoms with Crippen LogP contribution >= 0.6 is 11.6 Å². The minimum atomic E-state index is -0.724. The highest BCUT2D eigenvalue weighted by atomic mass is 35.5. The zero-order valence-corrected chi connectivity index (χ0v) is 18.8. The lowest BCUT2D eigenvalue weighted by Gasteiger charge is -2.32. The van der Waals surface area contributed by atoms with Crippen molar-refractivity contribution < 1.29 is 9.90 Å². The molecule has 0 amide bonds. The molecule has 1 atom stereocenters. The number of benzene rings is 1. The van der Waals surface area contributed by atoms with Gasteiger partial charge in [0, 0.05) is 37.1 Å². The second kappa shape index (κ2) is 9.01. The number of carbonyl (C=O) groups is 1. The topological polar surface area (TPSA) is 102 Å². The van der Waals surface area contributed by atoms with E-state index in [1.807, 2.05) is 0 Å². The van der Waals surface area contributed by atoms with Gasteiger partial charge in [0.1, 0.15) is 0 Å². The van der Waals surface area contributed by atoms with Crippen LogP contribution in [0.15, 0.2) is 40.2 Å². The number of hydrogen-bond acceptors (Lipinski definition) is 6. The van der Waals surface area contributed by atoms with Gasteiger partial charge in [-0.05, 0) is 50.2 Å². The lowest BCUT2D eigenvalue weighted by atomic mass is 9.89. The Hall–Kier alpha value is -2.75. The monoisotopic (exact) mass is 459 g/mol. The maximum Gasteiger partial charge on any atom is 0.332 e. The number of rotatable bonds is 6. The number of fused-ring (bicyclic) bond motifs is 1. The van der Waals surface area contributed by atoms with E-state index in [2.05, 4.69) is 9.88 Å². The number of halogens is 1. The van der Waals surface area contributed by atoms with Crippen LogP contribution < -0.4 is 11.2 Å². The number of imidazole rings is 1. The van der Waals surface area contributed by atoms with Crippen molar-refractivity contribution in [2.24, 2.45) is 20.0 Å². The number of aliphatic hydroxyl groups excluding tert-OH is 1. The summed E-state index contributed by atoms with van der Waals surface area (Å²) in [5.41, 5.74) is 0.391. The number of piperidine rings is 1.